The van der Waals surface area contributed by atoms with Gasteiger partial charge in [0.2, 0.25) is 0 Å². The number of hydrogen-bond donors (Lipinski definition) is 2. The summed E-state index contributed by atoms with van der Waals surface area (Å²) in [6, 6.07) is 6.93. The molecule has 0 unspecified atom stereocenters. The SMILES string of the molecule is CCN(CCCO)C(=O)c1ccc(C(N)=S)cc1. The fourth-order valence-corrected chi connectivity index (χ4v) is 1.76. The molecular weight excluding hydrogens is 248 g/mol. The second-order valence-electron chi connectivity index (χ2n) is 3.90. The van der Waals surface area contributed by atoms with Gasteiger partial charge in [-0.2, -0.15) is 0 Å². The first-order chi connectivity index (χ1) is 8.60. The van der Waals surface area contributed by atoms with Crippen molar-refractivity contribution in [1.29, 1.82) is 0 Å². The van der Waals surface area contributed by atoms with E-state index in [2.05, 4.69) is 0 Å². The van der Waals surface area contributed by atoms with Crippen LogP contribution in [0.5, 0.6) is 0 Å². The number of amides is 1. The number of aliphatic hydroxyl groups is 1. The molecule has 0 bridgehead atoms. The lowest BCUT2D eigenvalue weighted by Crippen LogP contribution is -2.32. The summed E-state index contributed by atoms with van der Waals surface area (Å²) in [5.41, 5.74) is 6.86. The first kappa shape index (κ1) is 14.6. The quantitative estimate of drug-likeness (QED) is 0.758. The van der Waals surface area contributed by atoms with Crippen molar-refractivity contribution >= 4 is 23.1 Å². The predicted octanol–water partition coefficient (Wildman–Crippen LogP) is 1.17. The lowest BCUT2D eigenvalue weighted by atomic mass is 10.1. The Labute approximate surface area is 112 Å². The molecule has 1 aromatic carbocycles. The first-order valence-electron chi connectivity index (χ1n) is 5.90. The Kier molecular flexibility index (Phi) is 5.74. The van der Waals surface area contributed by atoms with Gasteiger partial charge >= 0.3 is 0 Å². The van der Waals surface area contributed by atoms with E-state index in [4.69, 9.17) is 23.1 Å². The van der Waals surface area contributed by atoms with Gasteiger partial charge in [-0.15, -0.1) is 0 Å². The van der Waals surface area contributed by atoms with E-state index in [0.29, 0.717) is 30.1 Å². The number of nitrogens with two attached hydrogens (primary N) is 1. The van der Waals surface area contributed by atoms with Crippen molar-refractivity contribution in [3.63, 3.8) is 0 Å². The van der Waals surface area contributed by atoms with E-state index in [9.17, 15) is 4.79 Å². The smallest absolute Gasteiger partial charge is 0.253 e. The second-order valence-corrected chi connectivity index (χ2v) is 4.34. The van der Waals surface area contributed by atoms with Gasteiger partial charge in [-0.1, -0.05) is 24.4 Å². The molecular formula is C13H18N2O2S. The van der Waals surface area contributed by atoms with Gasteiger partial charge in [-0.05, 0) is 25.5 Å². The molecule has 0 aliphatic carbocycles. The van der Waals surface area contributed by atoms with Crippen molar-refractivity contribution in [2.75, 3.05) is 19.7 Å². The summed E-state index contributed by atoms with van der Waals surface area (Å²) in [5, 5.41) is 8.79. The van der Waals surface area contributed by atoms with Gasteiger partial charge in [0, 0.05) is 30.8 Å². The maximum Gasteiger partial charge on any atom is 0.253 e. The zero-order valence-electron chi connectivity index (χ0n) is 10.4. The van der Waals surface area contributed by atoms with Crippen LogP contribution in [0.25, 0.3) is 0 Å². The minimum atomic E-state index is -0.0413. The van der Waals surface area contributed by atoms with E-state index in [1.54, 1.807) is 29.2 Å². The van der Waals surface area contributed by atoms with E-state index in [1.165, 1.54) is 0 Å². The van der Waals surface area contributed by atoms with E-state index in [0.717, 1.165) is 5.56 Å². The topological polar surface area (TPSA) is 66.6 Å². The van der Waals surface area contributed by atoms with E-state index >= 15 is 0 Å². The molecule has 1 aromatic rings. The lowest BCUT2D eigenvalue weighted by Gasteiger charge is -2.20. The molecule has 0 saturated heterocycles. The van der Waals surface area contributed by atoms with Crippen LogP contribution in [0.1, 0.15) is 29.3 Å². The van der Waals surface area contributed by atoms with Crippen LogP contribution in [0.4, 0.5) is 0 Å². The number of thiocarbonyl (C=S) groups is 1. The summed E-state index contributed by atoms with van der Waals surface area (Å²) in [6.07, 6.45) is 0.588. The lowest BCUT2D eigenvalue weighted by molar-refractivity contribution is 0.0754. The van der Waals surface area contributed by atoms with E-state index in [1.807, 2.05) is 6.92 Å². The number of hydrogen-bond acceptors (Lipinski definition) is 3. The molecule has 0 radical (unpaired) electrons. The number of aliphatic hydroxyl groups excluding tert-OH is 1. The average Bonchev–Trinajstić information content (AvgIpc) is 2.39. The van der Waals surface area contributed by atoms with Gasteiger partial charge < -0.3 is 15.7 Å². The fourth-order valence-electron chi connectivity index (χ4n) is 1.62. The third-order valence-electron chi connectivity index (χ3n) is 2.67. The molecule has 0 saturated carbocycles. The molecule has 98 valence electrons. The van der Waals surface area contributed by atoms with Crippen molar-refractivity contribution in [3.8, 4) is 0 Å². The van der Waals surface area contributed by atoms with Gasteiger partial charge in [0.05, 0.1) is 0 Å². The van der Waals surface area contributed by atoms with Crippen LogP contribution in [-0.2, 0) is 0 Å². The van der Waals surface area contributed by atoms with Crippen molar-refractivity contribution in [3.05, 3.63) is 35.4 Å². The predicted molar refractivity (Wildman–Crippen MR) is 75.6 cm³/mol. The Balaban J connectivity index is 2.78. The molecule has 4 nitrogen and oxygen atoms in total. The Morgan fingerprint density at radius 2 is 1.89 bits per heavy atom. The monoisotopic (exact) mass is 266 g/mol. The molecule has 0 fully saturated rings. The average molecular weight is 266 g/mol. The summed E-state index contributed by atoms with van der Waals surface area (Å²) >= 11 is 4.86. The molecule has 3 N–H and O–H groups in total. The van der Waals surface area contributed by atoms with Crippen molar-refractivity contribution in [1.82, 2.24) is 4.90 Å². The van der Waals surface area contributed by atoms with Gasteiger partial charge in [0.1, 0.15) is 4.99 Å². The number of benzene rings is 1. The highest BCUT2D eigenvalue weighted by molar-refractivity contribution is 7.80. The second kappa shape index (κ2) is 7.08. The Morgan fingerprint density at radius 3 is 2.33 bits per heavy atom. The summed E-state index contributed by atoms with van der Waals surface area (Å²) < 4.78 is 0. The molecule has 0 spiro atoms. The van der Waals surface area contributed by atoms with Crippen LogP contribution in [0.3, 0.4) is 0 Å². The van der Waals surface area contributed by atoms with E-state index in [-0.39, 0.29) is 12.5 Å². The number of nitrogens with zero attached hydrogens (tertiary/aromatic N) is 1. The maximum absolute atomic E-state index is 12.1. The normalized spacial score (nSPS) is 10.1. The van der Waals surface area contributed by atoms with Crippen molar-refractivity contribution in [2.45, 2.75) is 13.3 Å². The third-order valence-corrected chi connectivity index (χ3v) is 2.91. The van der Waals surface area contributed by atoms with Crippen LogP contribution >= 0.6 is 12.2 Å². The summed E-state index contributed by atoms with van der Waals surface area (Å²) in [7, 11) is 0. The molecule has 18 heavy (non-hydrogen) atoms. The highest BCUT2D eigenvalue weighted by atomic mass is 32.1. The van der Waals surface area contributed by atoms with Gasteiger partial charge in [0.15, 0.2) is 0 Å². The van der Waals surface area contributed by atoms with Crippen LogP contribution in [0, 0.1) is 0 Å². The summed E-state index contributed by atoms with van der Waals surface area (Å²) in [4.78, 5) is 14.2. The number of carbonyl (C=O) groups excluding carboxylic acids is 1. The van der Waals surface area contributed by atoms with Crippen LogP contribution in [0.2, 0.25) is 0 Å². The van der Waals surface area contributed by atoms with Gasteiger partial charge in [-0.25, -0.2) is 0 Å². The largest absolute Gasteiger partial charge is 0.396 e. The zero-order chi connectivity index (χ0) is 13.5. The third kappa shape index (κ3) is 3.78. The van der Waals surface area contributed by atoms with Crippen LogP contribution in [-0.4, -0.2) is 40.6 Å². The van der Waals surface area contributed by atoms with Crippen LogP contribution < -0.4 is 5.73 Å². The van der Waals surface area contributed by atoms with Crippen molar-refractivity contribution in [2.24, 2.45) is 5.73 Å². The standard InChI is InChI=1S/C13H18N2O2S/c1-2-15(8-3-9-16)13(17)11-6-4-10(5-7-11)12(14)18/h4-7,16H,2-3,8-9H2,1H3,(H2,14,18). The maximum atomic E-state index is 12.1. The summed E-state index contributed by atoms with van der Waals surface area (Å²) in [5.74, 6) is -0.0413. The molecule has 5 heteroatoms. The highest BCUT2D eigenvalue weighted by Gasteiger charge is 2.13. The molecule has 1 amide bonds. The summed E-state index contributed by atoms with van der Waals surface area (Å²) in [6.45, 7) is 3.18. The molecule has 0 heterocycles. The Morgan fingerprint density at radius 1 is 1.33 bits per heavy atom. The Hall–Kier alpha value is -1.46. The minimum Gasteiger partial charge on any atom is -0.396 e. The Bertz CT molecular complexity index is 418. The molecule has 0 aromatic heterocycles. The fraction of sp³-hybridized carbons (Fsp3) is 0.385. The van der Waals surface area contributed by atoms with Gasteiger partial charge in [0.25, 0.3) is 5.91 Å². The van der Waals surface area contributed by atoms with Crippen LogP contribution in [0.15, 0.2) is 24.3 Å². The van der Waals surface area contributed by atoms with Crippen molar-refractivity contribution < 1.29 is 9.90 Å². The van der Waals surface area contributed by atoms with Gasteiger partial charge in [-0.3, -0.25) is 4.79 Å². The molecule has 1 rings (SSSR count). The first-order valence-corrected chi connectivity index (χ1v) is 6.31. The highest BCUT2D eigenvalue weighted by Crippen LogP contribution is 2.08. The number of rotatable bonds is 6. The molecule has 0 aliphatic rings. The minimum absolute atomic E-state index is 0.0413. The molecule has 0 atom stereocenters. The molecule has 0 aliphatic heterocycles. The van der Waals surface area contributed by atoms with E-state index < -0.39 is 0 Å². The zero-order valence-corrected chi connectivity index (χ0v) is 11.2. The number of carbonyl (C=O) groups is 1.